The number of likely N-dealkylation sites (N-methyl/N-ethyl adjacent to an activating group) is 1. The molecule has 2 atom stereocenters. The molecule has 0 saturated heterocycles. The van der Waals surface area contributed by atoms with E-state index < -0.39 is 29.7 Å². The molecule has 1 aromatic rings. The van der Waals surface area contributed by atoms with Crippen LogP contribution in [0.4, 0.5) is 4.79 Å². The zero-order valence-electron chi connectivity index (χ0n) is 20.4. The van der Waals surface area contributed by atoms with Gasteiger partial charge in [0.25, 0.3) is 0 Å². The lowest BCUT2D eigenvalue weighted by atomic mass is 9.98. The van der Waals surface area contributed by atoms with Gasteiger partial charge in [0.2, 0.25) is 11.8 Å². The molecular weight excluding hydrogens is 410 g/mol. The van der Waals surface area contributed by atoms with Crippen LogP contribution in [0.5, 0.6) is 5.75 Å². The highest BCUT2D eigenvalue weighted by atomic mass is 16.6. The summed E-state index contributed by atoms with van der Waals surface area (Å²) in [7, 11) is 0. The highest BCUT2D eigenvalue weighted by Crippen LogP contribution is 2.30. The Morgan fingerprint density at radius 1 is 1.12 bits per heavy atom. The Bertz CT molecular complexity index is 773. The summed E-state index contributed by atoms with van der Waals surface area (Å²) in [5, 5.41) is 16.0. The lowest BCUT2D eigenvalue weighted by Gasteiger charge is -2.35. The quantitative estimate of drug-likeness (QED) is 0.472. The maximum atomic E-state index is 13.6. The number of nitrogens with zero attached hydrogens (tertiary/aromatic N) is 1. The fourth-order valence-corrected chi connectivity index (χ4v) is 3.25. The van der Waals surface area contributed by atoms with E-state index in [0.29, 0.717) is 12.1 Å². The van der Waals surface area contributed by atoms with Gasteiger partial charge in [-0.15, -0.1) is 0 Å². The summed E-state index contributed by atoms with van der Waals surface area (Å²) in [5.41, 5.74) is -0.382. The summed E-state index contributed by atoms with van der Waals surface area (Å²) >= 11 is 0. The number of phenols is 1. The molecule has 32 heavy (non-hydrogen) atoms. The van der Waals surface area contributed by atoms with E-state index in [-0.39, 0.29) is 24.1 Å². The number of para-hydroxylation sites is 1. The van der Waals surface area contributed by atoms with Gasteiger partial charge < -0.3 is 25.4 Å². The normalized spacial score (nSPS) is 13.2. The Hall–Kier alpha value is -2.77. The molecule has 180 valence electrons. The van der Waals surface area contributed by atoms with Crippen LogP contribution in [0.15, 0.2) is 24.3 Å². The van der Waals surface area contributed by atoms with Gasteiger partial charge in [-0.05, 0) is 46.1 Å². The second-order valence-electron chi connectivity index (χ2n) is 9.10. The number of aromatic hydroxyl groups is 1. The first kappa shape index (κ1) is 27.3. The molecule has 1 rings (SSSR count). The van der Waals surface area contributed by atoms with E-state index in [0.717, 1.165) is 12.8 Å². The van der Waals surface area contributed by atoms with Gasteiger partial charge >= 0.3 is 6.09 Å². The molecule has 8 heteroatoms. The first-order valence-corrected chi connectivity index (χ1v) is 11.3. The van der Waals surface area contributed by atoms with Crippen LogP contribution in [0.2, 0.25) is 0 Å². The van der Waals surface area contributed by atoms with E-state index >= 15 is 0 Å². The summed E-state index contributed by atoms with van der Waals surface area (Å²) in [6.07, 6.45) is 1.01. The Labute approximate surface area is 191 Å². The molecule has 8 nitrogen and oxygen atoms in total. The highest BCUT2D eigenvalue weighted by Gasteiger charge is 2.37. The van der Waals surface area contributed by atoms with Crippen LogP contribution in [0.3, 0.4) is 0 Å². The van der Waals surface area contributed by atoms with Crippen LogP contribution >= 0.6 is 0 Å². The summed E-state index contributed by atoms with van der Waals surface area (Å²) in [5.74, 6) is -1.13. The Balaban J connectivity index is 3.29. The number of unbranched alkanes of at least 4 members (excludes halogenated alkanes) is 1. The van der Waals surface area contributed by atoms with Crippen molar-refractivity contribution in [2.45, 2.75) is 79.0 Å². The maximum Gasteiger partial charge on any atom is 0.408 e. The van der Waals surface area contributed by atoms with Crippen molar-refractivity contribution in [1.29, 1.82) is 0 Å². The Kier molecular flexibility index (Phi) is 10.5. The molecule has 0 aromatic heterocycles. The number of amides is 3. The number of carbonyl (C=O) groups is 3. The van der Waals surface area contributed by atoms with Gasteiger partial charge in [0.15, 0.2) is 0 Å². The van der Waals surface area contributed by atoms with Crippen molar-refractivity contribution >= 4 is 17.9 Å². The van der Waals surface area contributed by atoms with Gasteiger partial charge in [0, 0.05) is 18.7 Å². The van der Waals surface area contributed by atoms with E-state index in [1.165, 1.54) is 11.0 Å². The van der Waals surface area contributed by atoms with Gasteiger partial charge in [-0.2, -0.15) is 0 Å². The zero-order valence-corrected chi connectivity index (χ0v) is 20.4. The molecule has 0 radical (unpaired) electrons. The fourth-order valence-electron chi connectivity index (χ4n) is 3.25. The molecule has 0 saturated carbocycles. The van der Waals surface area contributed by atoms with Crippen LogP contribution in [0.1, 0.15) is 72.9 Å². The third kappa shape index (κ3) is 8.05. The molecule has 0 spiro atoms. The second-order valence-corrected chi connectivity index (χ2v) is 9.10. The van der Waals surface area contributed by atoms with Gasteiger partial charge in [-0.3, -0.25) is 9.59 Å². The third-order valence-corrected chi connectivity index (χ3v) is 4.85. The highest BCUT2D eigenvalue weighted by molar-refractivity contribution is 5.92. The molecule has 1 aromatic carbocycles. The summed E-state index contributed by atoms with van der Waals surface area (Å²) in [6, 6.07) is 4.54. The molecular formula is C24H39N3O5. The summed E-state index contributed by atoms with van der Waals surface area (Å²) in [6.45, 7) is 13.3. The average Bonchev–Trinajstić information content (AvgIpc) is 2.69. The largest absolute Gasteiger partial charge is 0.508 e. The minimum atomic E-state index is -1.03. The zero-order chi connectivity index (χ0) is 24.5. The minimum absolute atomic E-state index is 0.0735. The molecule has 0 aliphatic rings. The van der Waals surface area contributed by atoms with Crippen LogP contribution in [-0.2, 0) is 14.3 Å². The first-order chi connectivity index (χ1) is 14.9. The number of hydrogen-bond donors (Lipinski definition) is 3. The van der Waals surface area contributed by atoms with E-state index in [4.69, 9.17) is 4.74 Å². The number of alkyl carbamates (subject to hydrolysis) is 1. The molecule has 0 fully saturated rings. The molecule has 3 amide bonds. The predicted octanol–water partition coefficient (Wildman–Crippen LogP) is 3.75. The van der Waals surface area contributed by atoms with Crippen molar-refractivity contribution < 1.29 is 24.2 Å². The van der Waals surface area contributed by atoms with Gasteiger partial charge in [0.1, 0.15) is 23.4 Å². The monoisotopic (exact) mass is 449 g/mol. The van der Waals surface area contributed by atoms with E-state index in [1.807, 2.05) is 20.8 Å². The maximum absolute atomic E-state index is 13.6. The van der Waals surface area contributed by atoms with E-state index in [9.17, 15) is 19.5 Å². The van der Waals surface area contributed by atoms with Crippen molar-refractivity contribution in [1.82, 2.24) is 15.5 Å². The lowest BCUT2D eigenvalue weighted by molar-refractivity contribution is -0.143. The van der Waals surface area contributed by atoms with Crippen molar-refractivity contribution in [3.8, 4) is 5.75 Å². The number of phenolic OH excluding ortho intramolecular Hbond substituents is 1. The predicted molar refractivity (Wildman–Crippen MR) is 124 cm³/mol. The number of carbonyl (C=O) groups excluding carboxylic acids is 3. The average molecular weight is 450 g/mol. The minimum Gasteiger partial charge on any atom is -0.508 e. The van der Waals surface area contributed by atoms with E-state index in [1.54, 1.807) is 45.9 Å². The Morgan fingerprint density at radius 2 is 1.75 bits per heavy atom. The standard InChI is InChI=1S/C24H39N3O5/c1-8-10-15-25-21(29)20(17-13-11-12-14-18(17)28)27(9-2)22(30)19(16(3)4)26-23(31)32-24(5,6)7/h11-14,16,19-20,28H,8-10,15H2,1-7H3,(H,25,29)(H,26,31). The Morgan fingerprint density at radius 3 is 2.25 bits per heavy atom. The number of rotatable bonds is 10. The van der Waals surface area contributed by atoms with Crippen molar-refractivity contribution in [2.24, 2.45) is 5.92 Å². The van der Waals surface area contributed by atoms with Gasteiger partial charge in [-0.25, -0.2) is 4.79 Å². The topological polar surface area (TPSA) is 108 Å². The van der Waals surface area contributed by atoms with Crippen molar-refractivity contribution in [2.75, 3.05) is 13.1 Å². The van der Waals surface area contributed by atoms with Gasteiger partial charge in [0.05, 0.1) is 0 Å². The molecule has 0 bridgehead atoms. The lowest BCUT2D eigenvalue weighted by Crippen LogP contribution is -2.54. The van der Waals surface area contributed by atoms with Crippen LogP contribution in [-0.4, -0.2) is 52.6 Å². The smallest absolute Gasteiger partial charge is 0.408 e. The molecule has 0 heterocycles. The van der Waals surface area contributed by atoms with Crippen LogP contribution in [0, 0.1) is 5.92 Å². The van der Waals surface area contributed by atoms with Crippen molar-refractivity contribution in [3.05, 3.63) is 29.8 Å². The number of hydrogen-bond acceptors (Lipinski definition) is 5. The third-order valence-electron chi connectivity index (χ3n) is 4.85. The van der Waals surface area contributed by atoms with Crippen molar-refractivity contribution in [3.63, 3.8) is 0 Å². The fraction of sp³-hybridized carbons (Fsp3) is 0.625. The number of nitrogens with one attached hydrogen (secondary N) is 2. The summed E-state index contributed by atoms with van der Waals surface area (Å²) < 4.78 is 5.32. The molecule has 2 unspecified atom stereocenters. The van der Waals surface area contributed by atoms with Gasteiger partial charge in [-0.1, -0.05) is 45.4 Å². The number of benzene rings is 1. The van der Waals surface area contributed by atoms with E-state index in [2.05, 4.69) is 10.6 Å². The molecule has 0 aliphatic heterocycles. The SMILES string of the molecule is CCCCNC(=O)C(c1ccccc1O)N(CC)C(=O)C(NC(=O)OC(C)(C)C)C(C)C. The molecule has 3 N–H and O–H groups in total. The second kappa shape index (κ2) is 12.3. The first-order valence-electron chi connectivity index (χ1n) is 11.3. The van der Waals surface area contributed by atoms with Crippen LogP contribution in [0.25, 0.3) is 0 Å². The van der Waals surface area contributed by atoms with Crippen LogP contribution < -0.4 is 10.6 Å². The molecule has 0 aliphatic carbocycles. The summed E-state index contributed by atoms with van der Waals surface area (Å²) in [4.78, 5) is 40.5. The number of ether oxygens (including phenoxy) is 1.